The van der Waals surface area contributed by atoms with Gasteiger partial charge in [-0.15, -0.1) is 0 Å². The highest BCUT2D eigenvalue weighted by Gasteiger charge is 2.11. The van der Waals surface area contributed by atoms with E-state index >= 15 is 0 Å². The number of hydrogen-bond donors (Lipinski definition) is 2. The van der Waals surface area contributed by atoms with E-state index in [9.17, 15) is 9.59 Å². The Morgan fingerprint density at radius 1 is 0.867 bits per heavy atom. The molecule has 15 heavy (non-hydrogen) atoms. The zero-order valence-corrected chi connectivity index (χ0v) is 10.3. The fourth-order valence-electron chi connectivity index (χ4n) is 0.721. The first-order valence-corrected chi connectivity index (χ1v) is 6.00. The van der Waals surface area contributed by atoms with Crippen LogP contribution in [0.5, 0.6) is 0 Å². The zero-order valence-electron chi connectivity index (χ0n) is 8.48. The van der Waals surface area contributed by atoms with Gasteiger partial charge in [-0.1, -0.05) is 0 Å². The predicted octanol–water partition coefficient (Wildman–Crippen LogP) is 1.10. The van der Waals surface area contributed by atoms with Gasteiger partial charge < -0.3 is 9.47 Å². The van der Waals surface area contributed by atoms with Crippen LogP contribution < -0.4 is 0 Å². The molecule has 0 aliphatic heterocycles. The summed E-state index contributed by atoms with van der Waals surface area (Å²) in [6.07, 6.45) is 1.05. The van der Waals surface area contributed by atoms with Crippen LogP contribution in [0, 0.1) is 0 Å². The Morgan fingerprint density at radius 3 is 1.60 bits per heavy atom. The van der Waals surface area contributed by atoms with Crippen molar-refractivity contribution < 1.29 is 19.1 Å². The molecule has 0 radical (unpaired) electrons. The third-order valence-electron chi connectivity index (χ3n) is 1.42. The van der Waals surface area contributed by atoms with Crippen molar-refractivity contribution in [3.8, 4) is 0 Å². The fourth-order valence-corrected chi connectivity index (χ4v) is 0.979. The molecule has 0 aromatic rings. The van der Waals surface area contributed by atoms with Crippen molar-refractivity contribution in [2.45, 2.75) is 19.3 Å². The van der Waals surface area contributed by atoms with E-state index in [4.69, 9.17) is 9.47 Å². The number of carbonyl (C=O) groups is 2. The lowest BCUT2D eigenvalue weighted by atomic mass is 10.4. The molecule has 0 N–H and O–H groups in total. The molecule has 0 aliphatic carbocycles. The second-order valence-corrected chi connectivity index (χ2v) is 3.67. The molecule has 0 rings (SSSR count). The zero-order chi connectivity index (χ0) is 11.5. The minimum absolute atomic E-state index is 0.298. The summed E-state index contributed by atoms with van der Waals surface area (Å²) in [7, 11) is 0. The Morgan fingerprint density at radius 2 is 1.27 bits per heavy atom. The molecule has 0 fully saturated rings. The van der Waals surface area contributed by atoms with Gasteiger partial charge in [0, 0.05) is 0 Å². The highest BCUT2D eigenvalue weighted by molar-refractivity contribution is 7.80. The smallest absolute Gasteiger partial charge is 0.317 e. The summed E-state index contributed by atoms with van der Waals surface area (Å²) < 4.78 is 9.51. The van der Waals surface area contributed by atoms with E-state index < -0.39 is 11.9 Å². The Hall–Kier alpha value is -0.360. The topological polar surface area (TPSA) is 52.6 Å². The van der Waals surface area contributed by atoms with Gasteiger partial charge in [-0.05, 0) is 24.3 Å². The normalized spacial score (nSPS) is 9.73. The number of ether oxygens (including phenoxy) is 2. The molecule has 0 saturated carbocycles. The van der Waals surface area contributed by atoms with Gasteiger partial charge >= 0.3 is 11.9 Å². The Balaban J connectivity index is 3.45. The quantitative estimate of drug-likeness (QED) is 0.294. The molecule has 0 amide bonds. The molecule has 0 heterocycles. The summed E-state index contributed by atoms with van der Waals surface area (Å²) in [6, 6.07) is 0. The monoisotopic (exact) mass is 252 g/mol. The van der Waals surface area contributed by atoms with E-state index in [0.29, 0.717) is 37.6 Å². The Kier molecular flexibility index (Phi) is 9.92. The van der Waals surface area contributed by atoms with Gasteiger partial charge in [-0.2, -0.15) is 25.3 Å². The van der Waals surface area contributed by atoms with Gasteiger partial charge in [0.15, 0.2) is 0 Å². The highest BCUT2D eigenvalue weighted by atomic mass is 32.1. The Bertz CT molecular complexity index is 177. The summed E-state index contributed by atoms with van der Waals surface area (Å²) in [5.74, 6) is 0.208. The lowest BCUT2D eigenvalue weighted by Gasteiger charge is -2.04. The number of thiol groups is 2. The highest BCUT2D eigenvalue weighted by Crippen LogP contribution is 1.95. The molecule has 6 heteroatoms. The first kappa shape index (κ1) is 14.6. The number of hydrogen-bond acceptors (Lipinski definition) is 6. The van der Waals surface area contributed by atoms with Crippen molar-refractivity contribution in [3.63, 3.8) is 0 Å². The SMILES string of the molecule is O=C(CC(=O)OCCCS)OCCCS. The second-order valence-electron chi connectivity index (χ2n) is 2.77. The Labute approximate surface area is 101 Å². The average molecular weight is 252 g/mol. The van der Waals surface area contributed by atoms with Crippen molar-refractivity contribution in [1.29, 1.82) is 0 Å². The maximum atomic E-state index is 11.0. The molecule has 88 valence electrons. The molecule has 0 saturated heterocycles. The van der Waals surface area contributed by atoms with Crippen LogP contribution in [0.25, 0.3) is 0 Å². The summed E-state index contributed by atoms with van der Waals surface area (Å²) in [5.41, 5.74) is 0. The first-order chi connectivity index (χ1) is 7.20. The van der Waals surface area contributed by atoms with Gasteiger partial charge in [-0.3, -0.25) is 9.59 Å². The van der Waals surface area contributed by atoms with Crippen LogP contribution >= 0.6 is 25.3 Å². The van der Waals surface area contributed by atoms with Crippen LogP contribution in [-0.4, -0.2) is 36.7 Å². The summed E-state index contributed by atoms with van der Waals surface area (Å²) in [6.45, 7) is 0.596. The molecule has 0 aliphatic rings. The average Bonchev–Trinajstić information content (AvgIpc) is 2.18. The molecule has 0 atom stereocenters. The third-order valence-corrected chi connectivity index (χ3v) is 2.05. The standard InChI is InChI=1S/C9H16O4S2/c10-8(12-3-1-5-14)7-9(11)13-4-2-6-15/h14-15H,1-7H2. The van der Waals surface area contributed by atoms with Crippen LogP contribution in [0.3, 0.4) is 0 Å². The second kappa shape index (κ2) is 10.2. The maximum absolute atomic E-state index is 11.0. The first-order valence-electron chi connectivity index (χ1n) is 4.73. The van der Waals surface area contributed by atoms with Crippen molar-refractivity contribution >= 4 is 37.2 Å². The minimum atomic E-state index is -0.548. The van der Waals surface area contributed by atoms with Gasteiger partial charge in [-0.25, -0.2) is 0 Å². The lowest BCUT2D eigenvalue weighted by Crippen LogP contribution is -2.15. The molecule has 4 nitrogen and oxygen atoms in total. The van der Waals surface area contributed by atoms with Gasteiger partial charge in [0.05, 0.1) is 13.2 Å². The summed E-state index contributed by atoms with van der Waals surface area (Å²) in [4.78, 5) is 22.0. The van der Waals surface area contributed by atoms with E-state index in [1.54, 1.807) is 0 Å². The van der Waals surface area contributed by atoms with E-state index in [2.05, 4.69) is 25.3 Å². The van der Waals surface area contributed by atoms with Crippen molar-refractivity contribution in [2.24, 2.45) is 0 Å². The van der Waals surface area contributed by atoms with Crippen LogP contribution in [0.15, 0.2) is 0 Å². The number of esters is 2. The van der Waals surface area contributed by atoms with Crippen molar-refractivity contribution in [1.82, 2.24) is 0 Å². The lowest BCUT2D eigenvalue weighted by molar-refractivity contribution is -0.154. The molecular formula is C9H16O4S2. The molecule has 0 unspecified atom stereocenters. The molecule has 0 spiro atoms. The maximum Gasteiger partial charge on any atom is 0.317 e. The van der Waals surface area contributed by atoms with Crippen LogP contribution in [0.2, 0.25) is 0 Å². The molecule has 0 aromatic heterocycles. The molecule has 0 bridgehead atoms. The van der Waals surface area contributed by atoms with Crippen LogP contribution in [-0.2, 0) is 19.1 Å². The van der Waals surface area contributed by atoms with E-state index in [0.717, 1.165) is 0 Å². The number of carbonyl (C=O) groups excluding carboxylic acids is 2. The van der Waals surface area contributed by atoms with E-state index in [1.807, 2.05) is 0 Å². The fraction of sp³-hybridized carbons (Fsp3) is 0.778. The van der Waals surface area contributed by atoms with Crippen molar-refractivity contribution in [2.75, 3.05) is 24.7 Å². The summed E-state index contributed by atoms with van der Waals surface area (Å²) in [5, 5.41) is 0. The van der Waals surface area contributed by atoms with E-state index in [-0.39, 0.29) is 6.42 Å². The number of rotatable bonds is 8. The van der Waals surface area contributed by atoms with Gasteiger partial charge in [0.2, 0.25) is 0 Å². The molecule has 0 aromatic carbocycles. The van der Waals surface area contributed by atoms with E-state index in [1.165, 1.54) is 0 Å². The van der Waals surface area contributed by atoms with Crippen molar-refractivity contribution in [3.05, 3.63) is 0 Å². The predicted molar refractivity (Wildman–Crippen MR) is 63.5 cm³/mol. The molecular weight excluding hydrogens is 236 g/mol. The van der Waals surface area contributed by atoms with Crippen LogP contribution in [0.4, 0.5) is 0 Å². The van der Waals surface area contributed by atoms with Crippen LogP contribution in [0.1, 0.15) is 19.3 Å². The minimum Gasteiger partial charge on any atom is -0.465 e. The summed E-state index contributed by atoms with van der Waals surface area (Å²) >= 11 is 7.92. The third kappa shape index (κ3) is 9.93. The largest absolute Gasteiger partial charge is 0.465 e. The van der Waals surface area contributed by atoms with Gasteiger partial charge in [0.1, 0.15) is 6.42 Å². The van der Waals surface area contributed by atoms with Gasteiger partial charge in [0.25, 0.3) is 0 Å².